The van der Waals surface area contributed by atoms with Gasteiger partial charge in [-0.3, -0.25) is 14.5 Å². The summed E-state index contributed by atoms with van der Waals surface area (Å²) in [5.41, 5.74) is 1.20. The molecule has 1 heterocycles. The van der Waals surface area contributed by atoms with E-state index in [0.717, 1.165) is 19.6 Å². The van der Waals surface area contributed by atoms with Crippen molar-refractivity contribution in [2.45, 2.75) is 20.3 Å². The number of carbonyl (C=O) groups is 2. The molecule has 2 rings (SSSR count). The molecule has 2 amide bonds. The highest BCUT2D eigenvalue weighted by Gasteiger charge is 2.22. The van der Waals surface area contributed by atoms with Crippen LogP contribution in [-0.2, 0) is 9.59 Å². The Labute approximate surface area is 150 Å². The van der Waals surface area contributed by atoms with Gasteiger partial charge >= 0.3 is 0 Å². The number of hydrogen-bond donors (Lipinski definition) is 1. The number of nitrogens with one attached hydrogen (secondary N) is 1. The van der Waals surface area contributed by atoms with Crippen LogP contribution in [0.25, 0.3) is 6.08 Å². The molecule has 0 aromatic heterocycles. The van der Waals surface area contributed by atoms with Crippen molar-refractivity contribution in [1.82, 2.24) is 15.1 Å². The minimum absolute atomic E-state index is 0.0410. The summed E-state index contributed by atoms with van der Waals surface area (Å²) in [7, 11) is 0. The molecule has 1 aromatic carbocycles. The molecule has 1 aromatic rings. The van der Waals surface area contributed by atoms with Gasteiger partial charge in [0.15, 0.2) is 0 Å². The highest BCUT2D eigenvalue weighted by molar-refractivity contribution is 5.96. The van der Waals surface area contributed by atoms with Crippen molar-refractivity contribution in [2.24, 2.45) is 5.92 Å². The summed E-state index contributed by atoms with van der Waals surface area (Å²) in [4.78, 5) is 28.1. The molecule has 1 fully saturated rings. The van der Waals surface area contributed by atoms with Crippen molar-refractivity contribution in [3.63, 3.8) is 0 Å². The highest BCUT2D eigenvalue weighted by Crippen LogP contribution is 2.06. The monoisotopic (exact) mass is 343 g/mol. The van der Waals surface area contributed by atoms with Crippen molar-refractivity contribution >= 4 is 17.9 Å². The molecular formula is C20H29N3O2. The van der Waals surface area contributed by atoms with E-state index in [0.29, 0.717) is 25.6 Å². The first-order valence-corrected chi connectivity index (χ1v) is 9.03. The summed E-state index contributed by atoms with van der Waals surface area (Å²) in [5, 5.41) is 2.80. The number of carbonyl (C=O) groups excluding carboxylic acids is 2. The molecule has 1 aliphatic heterocycles. The average Bonchev–Trinajstić information content (AvgIpc) is 2.61. The van der Waals surface area contributed by atoms with Gasteiger partial charge in [0.05, 0.1) is 0 Å². The Hall–Kier alpha value is -2.14. The summed E-state index contributed by atoms with van der Waals surface area (Å²) in [6.07, 6.45) is 4.24. The van der Waals surface area contributed by atoms with Gasteiger partial charge in [0.2, 0.25) is 11.8 Å². The van der Waals surface area contributed by atoms with E-state index in [9.17, 15) is 9.59 Å². The number of piperazine rings is 1. The minimum Gasteiger partial charge on any atom is -0.355 e. The number of hydrogen-bond acceptors (Lipinski definition) is 3. The van der Waals surface area contributed by atoms with Gasteiger partial charge in [0.1, 0.15) is 6.42 Å². The molecule has 0 aliphatic carbocycles. The van der Waals surface area contributed by atoms with Crippen molar-refractivity contribution in [3.8, 4) is 0 Å². The maximum absolute atomic E-state index is 12.2. The Bertz CT molecular complexity index is 576. The van der Waals surface area contributed by atoms with Gasteiger partial charge in [0, 0.05) is 39.3 Å². The van der Waals surface area contributed by atoms with Crippen LogP contribution in [-0.4, -0.2) is 60.9 Å². The van der Waals surface area contributed by atoms with Gasteiger partial charge in [0.25, 0.3) is 0 Å². The molecule has 1 N–H and O–H groups in total. The van der Waals surface area contributed by atoms with Crippen LogP contribution in [0.5, 0.6) is 0 Å². The third kappa shape index (κ3) is 7.10. The van der Waals surface area contributed by atoms with E-state index in [1.165, 1.54) is 5.56 Å². The van der Waals surface area contributed by atoms with E-state index >= 15 is 0 Å². The maximum atomic E-state index is 12.2. The largest absolute Gasteiger partial charge is 0.355 e. The number of benzene rings is 1. The Morgan fingerprint density at radius 3 is 2.44 bits per heavy atom. The van der Waals surface area contributed by atoms with Crippen LogP contribution in [0.2, 0.25) is 0 Å². The Morgan fingerprint density at radius 2 is 1.80 bits per heavy atom. The van der Waals surface area contributed by atoms with Crippen molar-refractivity contribution < 1.29 is 9.59 Å². The average molecular weight is 343 g/mol. The lowest BCUT2D eigenvalue weighted by molar-refractivity contribution is -0.137. The van der Waals surface area contributed by atoms with Crippen LogP contribution in [0.3, 0.4) is 0 Å². The van der Waals surface area contributed by atoms with E-state index in [1.807, 2.05) is 32.0 Å². The van der Waals surface area contributed by atoms with Crippen LogP contribution in [0, 0.1) is 5.92 Å². The highest BCUT2D eigenvalue weighted by atomic mass is 16.2. The standard InChI is InChI=1S/C20H29N3O2/c1-17(2)16-21-19(24)15-20(25)23-13-11-22(12-14-23)10-6-9-18-7-4-3-5-8-18/h3-9,17H,10-16H2,1-2H3,(H,21,24)/b9-6+. The predicted molar refractivity (Wildman–Crippen MR) is 101 cm³/mol. The Balaban J connectivity index is 1.67. The van der Waals surface area contributed by atoms with Gasteiger partial charge < -0.3 is 10.2 Å². The molecule has 0 atom stereocenters. The van der Waals surface area contributed by atoms with Crippen molar-refractivity contribution in [2.75, 3.05) is 39.3 Å². The Kier molecular flexibility index (Phi) is 7.67. The van der Waals surface area contributed by atoms with Gasteiger partial charge in [-0.05, 0) is 11.5 Å². The van der Waals surface area contributed by atoms with E-state index < -0.39 is 0 Å². The van der Waals surface area contributed by atoms with Crippen molar-refractivity contribution in [1.29, 1.82) is 0 Å². The fraction of sp³-hybridized carbons (Fsp3) is 0.500. The normalized spacial score (nSPS) is 15.7. The molecule has 0 spiro atoms. The Morgan fingerprint density at radius 1 is 1.12 bits per heavy atom. The third-order valence-electron chi connectivity index (χ3n) is 4.22. The summed E-state index contributed by atoms with van der Waals surface area (Å²) < 4.78 is 0. The predicted octanol–water partition coefficient (Wildman–Crippen LogP) is 2.01. The van der Waals surface area contributed by atoms with E-state index in [2.05, 4.69) is 34.5 Å². The second-order valence-corrected chi connectivity index (χ2v) is 6.87. The molecule has 0 bridgehead atoms. The molecule has 25 heavy (non-hydrogen) atoms. The lowest BCUT2D eigenvalue weighted by Gasteiger charge is -2.34. The quantitative estimate of drug-likeness (QED) is 0.771. The number of amides is 2. The van der Waals surface area contributed by atoms with E-state index in [-0.39, 0.29) is 18.2 Å². The van der Waals surface area contributed by atoms with Crippen molar-refractivity contribution in [3.05, 3.63) is 42.0 Å². The van der Waals surface area contributed by atoms with Gasteiger partial charge in [-0.25, -0.2) is 0 Å². The van der Waals surface area contributed by atoms with Crippen LogP contribution in [0.15, 0.2) is 36.4 Å². The second-order valence-electron chi connectivity index (χ2n) is 6.87. The van der Waals surface area contributed by atoms with Crippen LogP contribution in [0.4, 0.5) is 0 Å². The summed E-state index contributed by atoms with van der Waals surface area (Å²) in [6, 6.07) is 10.2. The molecule has 1 aliphatic rings. The molecule has 0 unspecified atom stereocenters. The zero-order valence-corrected chi connectivity index (χ0v) is 15.3. The summed E-state index contributed by atoms with van der Waals surface area (Å²) in [5.74, 6) is 0.152. The SMILES string of the molecule is CC(C)CNC(=O)CC(=O)N1CCN(C/C=C/c2ccccc2)CC1. The molecule has 1 saturated heterocycles. The second kappa shape index (κ2) is 9.99. The first-order valence-electron chi connectivity index (χ1n) is 9.03. The van der Waals surface area contributed by atoms with Crippen LogP contribution < -0.4 is 5.32 Å². The van der Waals surface area contributed by atoms with Gasteiger partial charge in [-0.1, -0.05) is 56.3 Å². The summed E-state index contributed by atoms with van der Waals surface area (Å²) in [6.45, 7) is 8.64. The fourth-order valence-electron chi connectivity index (χ4n) is 2.71. The molecule has 5 heteroatoms. The topological polar surface area (TPSA) is 52.7 Å². The zero-order valence-electron chi connectivity index (χ0n) is 15.3. The maximum Gasteiger partial charge on any atom is 0.232 e. The molecule has 0 saturated carbocycles. The first-order chi connectivity index (χ1) is 12.0. The summed E-state index contributed by atoms with van der Waals surface area (Å²) >= 11 is 0. The third-order valence-corrected chi connectivity index (χ3v) is 4.22. The smallest absolute Gasteiger partial charge is 0.232 e. The molecule has 0 radical (unpaired) electrons. The number of rotatable bonds is 7. The van der Waals surface area contributed by atoms with Crippen LogP contribution >= 0.6 is 0 Å². The van der Waals surface area contributed by atoms with Crippen LogP contribution in [0.1, 0.15) is 25.8 Å². The van der Waals surface area contributed by atoms with Gasteiger partial charge in [-0.15, -0.1) is 0 Å². The molecule has 5 nitrogen and oxygen atoms in total. The fourth-order valence-corrected chi connectivity index (χ4v) is 2.71. The minimum atomic E-state index is -0.174. The lowest BCUT2D eigenvalue weighted by atomic mass is 10.2. The van der Waals surface area contributed by atoms with Gasteiger partial charge in [-0.2, -0.15) is 0 Å². The number of nitrogens with zero attached hydrogens (tertiary/aromatic N) is 2. The molecular weight excluding hydrogens is 314 g/mol. The van der Waals surface area contributed by atoms with E-state index in [4.69, 9.17) is 0 Å². The zero-order chi connectivity index (χ0) is 18.1. The molecule has 136 valence electrons. The lowest BCUT2D eigenvalue weighted by Crippen LogP contribution is -2.49. The van der Waals surface area contributed by atoms with E-state index in [1.54, 1.807) is 4.90 Å². The first kappa shape index (κ1) is 19.2.